The maximum absolute atomic E-state index is 13.3. The SMILES string of the molecule is C=C(/C=C(\C(=C)F)C(F)(F)F)N/C(N)=N/C(=N\C(=C)NCc1ccc(Cl)nc1)N/N=C/c1ccc(OCCF)cc1. The van der Waals surface area contributed by atoms with Crippen molar-refractivity contribution in [3.8, 4) is 5.75 Å². The van der Waals surface area contributed by atoms with E-state index in [2.05, 4.69) is 55.9 Å². The lowest BCUT2D eigenvalue weighted by Crippen LogP contribution is -2.33. The van der Waals surface area contributed by atoms with E-state index in [0.717, 1.165) is 5.56 Å². The molecule has 41 heavy (non-hydrogen) atoms. The highest BCUT2D eigenvalue weighted by Crippen LogP contribution is 2.31. The van der Waals surface area contributed by atoms with Crippen LogP contribution >= 0.6 is 11.6 Å². The van der Waals surface area contributed by atoms with E-state index in [1.54, 1.807) is 42.6 Å². The molecule has 0 aliphatic rings. The van der Waals surface area contributed by atoms with Gasteiger partial charge in [0.1, 0.15) is 35.8 Å². The average Bonchev–Trinajstić information content (AvgIpc) is 2.90. The van der Waals surface area contributed by atoms with Gasteiger partial charge in [0.25, 0.3) is 0 Å². The number of nitrogens with one attached hydrogen (secondary N) is 3. The lowest BCUT2D eigenvalue weighted by molar-refractivity contribution is -0.0910. The van der Waals surface area contributed by atoms with Gasteiger partial charge in [-0.2, -0.15) is 28.3 Å². The fraction of sp³-hybridized carbons (Fsp3) is 0.154. The first-order valence-electron chi connectivity index (χ1n) is 11.5. The fourth-order valence-electron chi connectivity index (χ4n) is 2.76. The third kappa shape index (κ3) is 12.3. The van der Waals surface area contributed by atoms with Crippen LogP contribution in [0.1, 0.15) is 11.1 Å². The zero-order valence-corrected chi connectivity index (χ0v) is 22.2. The Labute approximate surface area is 237 Å². The Balaban J connectivity index is 2.20. The first-order chi connectivity index (χ1) is 19.4. The Morgan fingerprint density at radius 3 is 2.39 bits per heavy atom. The molecule has 218 valence electrons. The molecule has 0 atom stereocenters. The zero-order valence-electron chi connectivity index (χ0n) is 21.5. The Morgan fingerprint density at radius 1 is 1.10 bits per heavy atom. The molecule has 0 aliphatic carbocycles. The number of hydrazone groups is 1. The minimum atomic E-state index is -5.01. The van der Waals surface area contributed by atoms with Gasteiger partial charge in [0.05, 0.1) is 11.8 Å². The highest BCUT2D eigenvalue weighted by molar-refractivity contribution is 6.29. The van der Waals surface area contributed by atoms with Crippen LogP contribution < -0.4 is 26.5 Å². The molecule has 0 bridgehead atoms. The van der Waals surface area contributed by atoms with Crippen molar-refractivity contribution in [2.24, 2.45) is 20.8 Å². The first-order valence-corrected chi connectivity index (χ1v) is 11.9. The van der Waals surface area contributed by atoms with Gasteiger partial charge in [-0.15, -0.1) is 0 Å². The molecule has 0 spiro atoms. The van der Waals surface area contributed by atoms with Crippen LogP contribution in [0, 0.1) is 0 Å². The molecule has 0 saturated carbocycles. The summed E-state index contributed by atoms with van der Waals surface area (Å²) < 4.78 is 69.7. The van der Waals surface area contributed by atoms with Crippen LogP contribution in [-0.2, 0) is 6.54 Å². The number of alkyl halides is 4. The standard InChI is InChI=1S/C26H26ClF5N8O/c1-16(12-22(17(2)29)26(30,31)32)37-24(33)39-25(38-18(3)34-13-20-6-9-23(27)35-14-20)40-36-15-19-4-7-21(8-5-19)41-11-10-28/h4-9,12,14-15,34H,1-3,10-11,13H2,(H4,33,37,38,39,40)/b22-12+,36-15+. The minimum absolute atomic E-state index is 0.0724. The number of nitrogens with zero attached hydrogens (tertiary/aromatic N) is 4. The van der Waals surface area contributed by atoms with Gasteiger partial charge in [-0.1, -0.05) is 37.4 Å². The van der Waals surface area contributed by atoms with E-state index < -0.39 is 35.9 Å². The van der Waals surface area contributed by atoms with Crippen LogP contribution in [0.15, 0.2) is 106 Å². The Morgan fingerprint density at radius 2 is 1.80 bits per heavy atom. The Bertz CT molecular complexity index is 1340. The Hall–Kier alpha value is -4.72. The topological polar surface area (TPSA) is 121 Å². The molecule has 1 heterocycles. The summed E-state index contributed by atoms with van der Waals surface area (Å²) in [5.41, 5.74) is 7.65. The molecule has 9 nitrogen and oxygen atoms in total. The normalized spacial score (nSPS) is 12.7. The predicted molar refractivity (Wildman–Crippen MR) is 150 cm³/mol. The number of hydrogen-bond donors (Lipinski definition) is 4. The molecule has 0 saturated heterocycles. The molecular formula is C26H26ClF5N8O. The van der Waals surface area contributed by atoms with E-state index >= 15 is 0 Å². The number of guanidine groups is 2. The number of aromatic nitrogens is 1. The van der Waals surface area contributed by atoms with Crippen molar-refractivity contribution in [1.29, 1.82) is 0 Å². The number of allylic oxidation sites excluding steroid dienone is 3. The van der Waals surface area contributed by atoms with E-state index in [-0.39, 0.29) is 24.9 Å². The lowest BCUT2D eigenvalue weighted by Gasteiger charge is -2.11. The monoisotopic (exact) mass is 596 g/mol. The summed E-state index contributed by atoms with van der Waals surface area (Å²) in [7, 11) is 0. The maximum atomic E-state index is 13.3. The molecule has 2 rings (SSSR count). The molecule has 0 fully saturated rings. The molecule has 0 unspecified atom stereocenters. The van der Waals surface area contributed by atoms with Gasteiger partial charge < -0.3 is 21.1 Å². The summed E-state index contributed by atoms with van der Waals surface area (Å²) in [5.74, 6) is -1.81. The van der Waals surface area contributed by atoms with E-state index in [9.17, 15) is 22.0 Å². The molecule has 0 amide bonds. The van der Waals surface area contributed by atoms with Gasteiger partial charge in [-0.25, -0.2) is 19.2 Å². The number of aliphatic imine (C=N–C) groups is 2. The second-order valence-corrected chi connectivity index (χ2v) is 8.20. The summed E-state index contributed by atoms with van der Waals surface area (Å²) in [4.78, 5) is 12.1. The molecule has 1 aromatic carbocycles. The third-order valence-electron chi connectivity index (χ3n) is 4.56. The zero-order chi connectivity index (χ0) is 30.4. The van der Waals surface area contributed by atoms with Crippen LogP contribution in [0.3, 0.4) is 0 Å². The van der Waals surface area contributed by atoms with Gasteiger partial charge in [-0.3, -0.25) is 0 Å². The minimum Gasteiger partial charge on any atom is -0.491 e. The smallest absolute Gasteiger partial charge is 0.419 e. The number of ether oxygens (including phenoxy) is 1. The van der Waals surface area contributed by atoms with Crippen molar-refractivity contribution in [2.45, 2.75) is 12.7 Å². The number of hydrogen-bond acceptors (Lipinski definition) is 5. The molecular weight excluding hydrogens is 571 g/mol. The van der Waals surface area contributed by atoms with Crippen LogP contribution in [0.2, 0.25) is 5.15 Å². The maximum Gasteiger partial charge on any atom is 0.419 e. The molecule has 0 aliphatic heterocycles. The number of benzene rings is 1. The Kier molecular flexibility index (Phi) is 12.5. The van der Waals surface area contributed by atoms with Crippen molar-refractivity contribution in [2.75, 3.05) is 13.3 Å². The van der Waals surface area contributed by atoms with Crippen LogP contribution in [0.25, 0.3) is 0 Å². The molecule has 2 aromatic rings. The number of halogens is 6. The summed E-state index contributed by atoms with van der Waals surface area (Å²) in [6.07, 6.45) is -1.68. The van der Waals surface area contributed by atoms with Gasteiger partial charge in [0.15, 0.2) is 0 Å². The van der Waals surface area contributed by atoms with Crippen molar-refractivity contribution >= 4 is 29.7 Å². The van der Waals surface area contributed by atoms with Crippen molar-refractivity contribution < 1.29 is 26.7 Å². The summed E-state index contributed by atoms with van der Waals surface area (Å²) in [6, 6.07) is 9.88. The fourth-order valence-corrected chi connectivity index (χ4v) is 2.87. The first kappa shape index (κ1) is 32.5. The van der Waals surface area contributed by atoms with Crippen molar-refractivity contribution in [3.63, 3.8) is 0 Å². The highest BCUT2D eigenvalue weighted by Gasteiger charge is 2.36. The van der Waals surface area contributed by atoms with Crippen molar-refractivity contribution in [1.82, 2.24) is 21.0 Å². The van der Waals surface area contributed by atoms with Gasteiger partial charge >= 0.3 is 6.18 Å². The summed E-state index contributed by atoms with van der Waals surface area (Å²) in [5, 5.41) is 9.56. The molecule has 15 heteroatoms. The lowest BCUT2D eigenvalue weighted by atomic mass is 10.2. The second kappa shape index (κ2) is 15.8. The number of rotatable bonds is 12. The number of pyridine rings is 1. The van der Waals surface area contributed by atoms with Crippen LogP contribution in [0.5, 0.6) is 5.75 Å². The van der Waals surface area contributed by atoms with E-state index in [1.807, 2.05) is 0 Å². The quantitative estimate of drug-likeness (QED) is 0.0682. The molecule has 1 aromatic heterocycles. The van der Waals surface area contributed by atoms with Crippen LogP contribution in [-0.4, -0.2) is 42.6 Å². The predicted octanol–water partition coefficient (Wildman–Crippen LogP) is 5.01. The van der Waals surface area contributed by atoms with Gasteiger partial charge in [-0.05, 0) is 47.5 Å². The van der Waals surface area contributed by atoms with Gasteiger partial charge in [0, 0.05) is 18.4 Å². The second-order valence-electron chi connectivity index (χ2n) is 7.81. The van der Waals surface area contributed by atoms with E-state index in [1.165, 1.54) is 6.21 Å². The van der Waals surface area contributed by atoms with Crippen molar-refractivity contribution in [3.05, 3.63) is 108 Å². The third-order valence-corrected chi connectivity index (χ3v) is 4.79. The summed E-state index contributed by atoms with van der Waals surface area (Å²) >= 11 is 5.78. The summed E-state index contributed by atoms with van der Waals surface area (Å²) in [6.45, 7) is 9.39. The van der Waals surface area contributed by atoms with Crippen LogP contribution in [0.4, 0.5) is 22.0 Å². The average molecular weight is 597 g/mol. The number of nitrogens with two attached hydrogens (primary N) is 1. The van der Waals surface area contributed by atoms with Gasteiger partial charge in [0.2, 0.25) is 11.9 Å². The highest BCUT2D eigenvalue weighted by atomic mass is 35.5. The van der Waals surface area contributed by atoms with E-state index in [4.69, 9.17) is 22.1 Å². The molecule has 0 radical (unpaired) electrons. The molecule has 5 N–H and O–H groups in total. The largest absolute Gasteiger partial charge is 0.491 e. The van der Waals surface area contributed by atoms with E-state index in [0.29, 0.717) is 22.5 Å².